The Kier molecular flexibility index (Phi) is 4.96. The van der Waals surface area contributed by atoms with Crippen molar-refractivity contribution in [2.45, 2.75) is 37.5 Å². The van der Waals surface area contributed by atoms with Crippen LogP contribution in [0.1, 0.15) is 31.7 Å². The van der Waals surface area contributed by atoms with Gasteiger partial charge < -0.3 is 5.32 Å². The van der Waals surface area contributed by atoms with Crippen LogP contribution in [0.4, 0.5) is 5.69 Å². The topological polar surface area (TPSA) is 35.8 Å². The Morgan fingerprint density at radius 3 is 3.06 bits per heavy atom. The van der Waals surface area contributed by atoms with Gasteiger partial charge in [0.15, 0.2) is 0 Å². The normalized spacial score (nSPS) is 22.7. The number of hydrogen-bond acceptors (Lipinski definition) is 3. The van der Waals surface area contributed by atoms with E-state index >= 15 is 0 Å². The maximum atomic E-state index is 9.19. The van der Waals surface area contributed by atoms with Gasteiger partial charge in [-0.3, -0.25) is 0 Å². The molecule has 96 valence electrons. The van der Waals surface area contributed by atoms with Crippen LogP contribution in [0.3, 0.4) is 0 Å². The molecule has 2 atom stereocenters. The van der Waals surface area contributed by atoms with Crippen LogP contribution in [-0.2, 0) is 0 Å². The molecule has 2 unspecified atom stereocenters. The Morgan fingerprint density at radius 2 is 2.33 bits per heavy atom. The summed E-state index contributed by atoms with van der Waals surface area (Å²) < 4.78 is 0.868. The van der Waals surface area contributed by atoms with Gasteiger partial charge in [0.25, 0.3) is 0 Å². The van der Waals surface area contributed by atoms with Crippen molar-refractivity contribution in [3.05, 3.63) is 28.2 Å². The number of halogens is 1. The summed E-state index contributed by atoms with van der Waals surface area (Å²) in [6.45, 7) is 2.22. The molecule has 1 aromatic carbocycles. The number of anilines is 1. The van der Waals surface area contributed by atoms with Gasteiger partial charge in [-0.05, 0) is 53.1 Å². The molecule has 1 aliphatic rings. The van der Waals surface area contributed by atoms with Crippen LogP contribution in [0.25, 0.3) is 0 Å². The van der Waals surface area contributed by atoms with Gasteiger partial charge in [-0.1, -0.05) is 13.0 Å². The Balaban J connectivity index is 2.03. The van der Waals surface area contributed by atoms with Crippen molar-refractivity contribution < 1.29 is 0 Å². The van der Waals surface area contributed by atoms with Crippen LogP contribution in [0, 0.1) is 11.3 Å². The highest BCUT2D eigenvalue weighted by molar-refractivity contribution is 9.10. The van der Waals surface area contributed by atoms with Gasteiger partial charge >= 0.3 is 0 Å². The molecule has 0 spiro atoms. The van der Waals surface area contributed by atoms with Crippen LogP contribution in [0.2, 0.25) is 0 Å². The minimum Gasteiger partial charge on any atom is -0.381 e. The summed E-state index contributed by atoms with van der Waals surface area (Å²) in [6, 6.07) is 8.64. The lowest BCUT2D eigenvalue weighted by Crippen LogP contribution is -2.16. The fourth-order valence-corrected chi connectivity index (χ4v) is 4.03. The predicted octanol–water partition coefficient (Wildman–Crippen LogP) is 4.41. The van der Waals surface area contributed by atoms with E-state index in [2.05, 4.69) is 46.0 Å². The first-order valence-electron chi connectivity index (χ1n) is 6.31. The summed E-state index contributed by atoms with van der Waals surface area (Å²) >= 11 is 5.48. The van der Waals surface area contributed by atoms with Gasteiger partial charge in [-0.15, -0.1) is 0 Å². The Morgan fingerprint density at radius 1 is 1.50 bits per heavy atom. The van der Waals surface area contributed by atoms with E-state index in [1.165, 1.54) is 25.0 Å². The van der Waals surface area contributed by atoms with Crippen molar-refractivity contribution in [2.24, 2.45) is 0 Å². The van der Waals surface area contributed by atoms with Crippen molar-refractivity contribution in [1.29, 1.82) is 5.26 Å². The minimum absolute atomic E-state index is 0.510. The van der Waals surface area contributed by atoms with E-state index in [1.807, 2.05) is 18.2 Å². The van der Waals surface area contributed by atoms with Crippen molar-refractivity contribution >= 4 is 33.4 Å². The number of benzene rings is 1. The highest BCUT2D eigenvalue weighted by Gasteiger charge is 2.25. The van der Waals surface area contributed by atoms with Crippen LogP contribution < -0.4 is 5.32 Å². The monoisotopic (exact) mass is 324 g/mol. The summed E-state index contributed by atoms with van der Waals surface area (Å²) in [5, 5.41) is 13.5. The molecule has 2 nitrogen and oxygen atoms in total. The maximum Gasteiger partial charge on any atom is 0.103 e. The minimum atomic E-state index is 0.510. The first-order valence-corrected chi connectivity index (χ1v) is 8.15. The van der Waals surface area contributed by atoms with Gasteiger partial charge in [0.2, 0.25) is 0 Å². The summed E-state index contributed by atoms with van der Waals surface area (Å²) in [5.41, 5.74) is 1.67. The standard InChI is InChI=1S/C14H17BrN2S/c1-2-18-11-7-6-10(8-11)17-14-5-3-4-13(15)12(14)9-16/h3-5,10-11,17H,2,6-8H2,1H3. The van der Waals surface area contributed by atoms with Crippen LogP contribution in [-0.4, -0.2) is 17.0 Å². The number of nitrogens with zero attached hydrogens (tertiary/aromatic N) is 1. The van der Waals surface area contributed by atoms with Crippen LogP contribution in [0.5, 0.6) is 0 Å². The lowest BCUT2D eigenvalue weighted by Gasteiger charge is -2.16. The quantitative estimate of drug-likeness (QED) is 0.891. The second-order valence-corrected chi connectivity index (χ2v) is 6.94. The Bertz CT molecular complexity index is 456. The van der Waals surface area contributed by atoms with E-state index in [0.717, 1.165) is 15.4 Å². The molecule has 0 aliphatic heterocycles. The molecule has 4 heteroatoms. The van der Waals surface area contributed by atoms with E-state index in [4.69, 9.17) is 0 Å². The van der Waals surface area contributed by atoms with Gasteiger partial charge in [0, 0.05) is 15.8 Å². The molecule has 1 N–H and O–H groups in total. The Labute approximate surface area is 121 Å². The zero-order valence-electron chi connectivity index (χ0n) is 10.4. The molecule has 0 amide bonds. The summed E-state index contributed by atoms with van der Waals surface area (Å²) in [5.74, 6) is 1.19. The molecular weight excluding hydrogens is 308 g/mol. The second-order valence-electron chi connectivity index (χ2n) is 4.51. The zero-order valence-corrected chi connectivity index (χ0v) is 12.9. The number of thioether (sulfide) groups is 1. The first kappa shape index (κ1) is 13.8. The molecule has 0 saturated heterocycles. The van der Waals surface area contributed by atoms with Gasteiger partial charge in [0.05, 0.1) is 11.3 Å². The number of rotatable bonds is 4. The number of nitriles is 1. The van der Waals surface area contributed by atoms with E-state index in [-0.39, 0.29) is 0 Å². The molecule has 2 rings (SSSR count). The average molecular weight is 325 g/mol. The molecule has 1 aromatic rings. The summed E-state index contributed by atoms with van der Waals surface area (Å²) in [4.78, 5) is 0. The molecule has 1 fully saturated rings. The van der Waals surface area contributed by atoms with Crippen molar-refractivity contribution in [3.63, 3.8) is 0 Å². The van der Waals surface area contributed by atoms with Crippen LogP contribution in [0.15, 0.2) is 22.7 Å². The van der Waals surface area contributed by atoms with E-state index in [0.29, 0.717) is 11.6 Å². The van der Waals surface area contributed by atoms with E-state index in [9.17, 15) is 5.26 Å². The lowest BCUT2D eigenvalue weighted by atomic mass is 10.1. The van der Waals surface area contributed by atoms with Crippen LogP contribution >= 0.6 is 27.7 Å². The molecule has 18 heavy (non-hydrogen) atoms. The highest BCUT2D eigenvalue weighted by atomic mass is 79.9. The van der Waals surface area contributed by atoms with E-state index in [1.54, 1.807) is 0 Å². The smallest absolute Gasteiger partial charge is 0.103 e. The van der Waals surface area contributed by atoms with Gasteiger partial charge in [-0.2, -0.15) is 17.0 Å². The average Bonchev–Trinajstić information content (AvgIpc) is 2.77. The molecule has 1 aliphatic carbocycles. The van der Waals surface area contributed by atoms with Crippen molar-refractivity contribution in [2.75, 3.05) is 11.1 Å². The third-order valence-corrected chi connectivity index (χ3v) is 5.17. The van der Waals surface area contributed by atoms with Gasteiger partial charge in [0.1, 0.15) is 6.07 Å². The molecule has 0 bridgehead atoms. The largest absolute Gasteiger partial charge is 0.381 e. The molecule has 0 heterocycles. The predicted molar refractivity (Wildman–Crippen MR) is 82.0 cm³/mol. The van der Waals surface area contributed by atoms with Crippen molar-refractivity contribution in [3.8, 4) is 6.07 Å². The third-order valence-electron chi connectivity index (χ3n) is 3.27. The maximum absolute atomic E-state index is 9.19. The molecule has 1 saturated carbocycles. The number of hydrogen-bond donors (Lipinski definition) is 1. The lowest BCUT2D eigenvalue weighted by molar-refractivity contribution is 0.756. The fourth-order valence-electron chi connectivity index (χ4n) is 2.44. The SMILES string of the molecule is CCSC1CCC(Nc2cccc(Br)c2C#N)C1. The first-order chi connectivity index (χ1) is 8.74. The number of nitrogens with one attached hydrogen (secondary N) is 1. The highest BCUT2D eigenvalue weighted by Crippen LogP contribution is 2.33. The van der Waals surface area contributed by atoms with E-state index < -0.39 is 0 Å². The Hall–Kier alpha value is -0.660. The summed E-state index contributed by atoms with van der Waals surface area (Å²) in [6.07, 6.45) is 3.69. The molecular formula is C14H17BrN2S. The third kappa shape index (κ3) is 3.21. The summed E-state index contributed by atoms with van der Waals surface area (Å²) in [7, 11) is 0. The van der Waals surface area contributed by atoms with Gasteiger partial charge in [-0.25, -0.2) is 0 Å². The molecule has 0 aromatic heterocycles. The fraction of sp³-hybridized carbons (Fsp3) is 0.500. The molecule has 0 radical (unpaired) electrons. The zero-order chi connectivity index (χ0) is 13.0. The second kappa shape index (κ2) is 6.49. The van der Waals surface area contributed by atoms with Crippen molar-refractivity contribution in [1.82, 2.24) is 0 Å².